The zero-order chi connectivity index (χ0) is 17.3. The molecule has 1 fully saturated rings. The van der Waals surface area contributed by atoms with Gasteiger partial charge in [0, 0.05) is 45.0 Å². The second-order valence-corrected chi connectivity index (χ2v) is 6.34. The molecule has 1 aliphatic rings. The summed E-state index contributed by atoms with van der Waals surface area (Å²) in [6.07, 6.45) is 4.75. The minimum absolute atomic E-state index is 0.0780. The van der Waals surface area contributed by atoms with Crippen molar-refractivity contribution in [3.05, 3.63) is 65.5 Å². The van der Waals surface area contributed by atoms with E-state index in [0.717, 1.165) is 50.4 Å². The van der Waals surface area contributed by atoms with Crippen LogP contribution >= 0.6 is 0 Å². The number of ether oxygens (including phenoxy) is 1. The Kier molecular flexibility index (Phi) is 6.54. The second kappa shape index (κ2) is 9.30. The average Bonchev–Trinajstić information content (AvgIpc) is 2.67. The number of benzene rings is 1. The molecule has 0 bridgehead atoms. The summed E-state index contributed by atoms with van der Waals surface area (Å²) < 4.78 is 5.37. The SMILES string of the molecule is O=C(CCc1ccncc1)NCc1ccc(CN2CCOCC2)cc1. The minimum Gasteiger partial charge on any atom is -0.379 e. The van der Waals surface area contributed by atoms with Crippen molar-refractivity contribution in [3.63, 3.8) is 0 Å². The molecule has 0 spiro atoms. The van der Waals surface area contributed by atoms with Crippen molar-refractivity contribution in [2.75, 3.05) is 26.3 Å². The molecule has 0 saturated carbocycles. The van der Waals surface area contributed by atoms with Crippen LogP contribution in [0, 0.1) is 0 Å². The van der Waals surface area contributed by atoms with Crippen LogP contribution in [0.5, 0.6) is 0 Å². The normalized spacial score (nSPS) is 15.0. The van der Waals surface area contributed by atoms with Gasteiger partial charge >= 0.3 is 0 Å². The molecule has 0 atom stereocenters. The number of nitrogens with zero attached hydrogens (tertiary/aromatic N) is 2. The number of aryl methyl sites for hydroxylation is 1. The van der Waals surface area contributed by atoms with Crippen LogP contribution in [-0.2, 0) is 29.0 Å². The first-order chi connectivity index (χ1) is 12.3. The number of hydrogen-bond donors (Lipinski definition) is 1. The van der Waals surface area contributed by atoms with E-state index in [1.165, 1.54) is 5.56 Å². The number of carbonyl (C=O) groups excluding carboxylic acids is 1. The molecular formula is C20H25N3O2. The Balaban J connectivity index is 1.39. The molecule has 25 heavy (non-hydrogen) atoms. The van der Waals surface area contributed by atoms with Crippen molar-refractivity contribution in [2.24, 2.45) is 0 Å². The minimum atomic E-state index is 0.0780. The lowest BCUT2D eigenvalue weighted by atomic mass is 10.1. The average molecular weight is 339 g/mol. The van der Waals surface area contributed by atoms with Crippen LogP contribution in [0.1, 0.15) is 23.1 Å². The lowest BCUT2D eigenvalue weighted by Gasteiger charge is -2.26. The second-order valence-electron chi connectivity index (χ2n) is 6.34. The van der Waals surface area contributed by atoms with Gasteiger partial charge in [-0.2, -0.15) is 0 Å². The number of amides is 1. The summed E-state index contributed by atoms with van der Waals surface area (Å²) in [5, 5.41) is 2.99. The van der Waals surface area contributed by atoms with Gasteiger partial charge in [-0.05, 0) is 35.2 Å². The molecule has 1 amide bonds. The third kappa shape index (κ3) is 5.96. The van der Waals surface area contributed by atoms with E-state index in [1.54, 1.807) is 12.4 Å². The van der Waals surface area contributed by atoms with Crippen molar-refractivity contribution >= 4 is 5.91 Å². The molecule has 0 unspecified atom stereocenters. The summed E-state index contributed by atoms with van der Waals surface area (Å²) in [6, 6.07) is 12.4. The molecule has 1 aliphatic heterocycles. The van der Waals surface area contributed by atoms with Gasteiger partial charge < -0.3 is 10.1 Å². The first kappa shape index (κ1) is 17.6. The summed E-state index contributed by atoms with van der Waals surface area (Å²) in [7, 11) is 0. The number of nitrogens with one attached hydrogen (secondary N) is 1. The third-order valence-corrected chi connectivity index (χ3v) is 4.41. The molecule has 5 nitrogen and oxygen atoms in total. The summed E-state index contributed by atoms with van der Waals surface area (Å²) in [5.74, 6) is 0.0780. The van der Waals surface area contributed by atoms with E-state index in [4.69, 9.17) is 4.74 Å². The number of carbonyl (C=O) groups is 1. The van der Waals surface area contributed by atoms with Gasteiger partial charge in [-0.1, -0.05) is 24.3 Å². The molecule has 5 heteroatoms. The highest BCUT2D eigenvalue weighted by atomic mass is 16.5. The Hall–Kier alpha value is -2.24. The van der Waals surface area contributed by atoms with E-state index in [-0.39, 0.29) is 5.91 Å². The third-order valence-electron chi connectivity index (χ3n) is 4.41. The Morgan fingerprint density at radius 3 is 2.40 bits per heavy atom. The summed E-state index contributed by atoms with van der Waals surface area (Å²) >= 11 is 0. The largest absolute Gasteiger partial charge is 0.379 e. The molecule has 132 valence electrons. The van der Waals surface area contributed by atoms with Gasteiger partial charge in [0.15, 0.2) is 0 Å². The Morgan fingerprint density at radius 1 is 1.00 bits per heavy atom. The Morgan fingerprint density at radius 2 is 1.68 bits per heavy atom. The highest BCUT2D eigenvalue weighted by Crippen LogP contribution is 2.09. The monoisotopic (exact) mass is 339 g/mol. The van der Waals surface area contributed by atoms with Gasteiger partial charge in [0.25, 0.3) is 0 Å². The van der Waals surface area contributed by atoms with Crippen LogP contribution in [0.3, 0.4) is 0 Å². The van der Waals surface area contributed by atoms with Crippen LogP contribution in [0.15, 0.2) is 48.8 Å². The molecule has 1 saturated heterocycles. The van der Waals surface area contributed by atoms with Crippen LogP contribution in [0.2, 0.25) is 0 Å². The lowest BCUT2D eigenvalue weighted by Crippen LogP contribution is -2.35. The van der Waals surface area contributed by atoms with Crippen molar-refractivity contribution in [1.82, 2.24) is 15.2 Å². The smallest absolute Gasteiger partial charge is 0.220 e. The first-order valence-corrected chi connectivity index (χ1v) is 8.83. The zero-order valence-electron chi connectivity index (χ0n) is 14.5. The number of aromatic nitrogens is 1. The molecule has 0 aliphatic carbocycles. The van der Waals surface area contributed by atoms with E-state index >= 15 is 0 Å². The van der Waals surface area contributed by atoms with E-state index < -0.39 is 0 Å². The van der Waals surface area contributed by atoms with Gasteiger partial charge in [0.1, 0.15) is 0 Å². The maximum absolute atomic E-state index is 12.0. The predicted octanol–water partition coefficient (Wildman–Crippen LogP) is 2.16. The Bertz CT molecular complexity index is 652. The fraction of sp³-hybridized carbons (Fsp3) is 0.400. The fourth-order valence-corrected chi connectivity index (χ4v) is 2.88. The summed E-state index contributed by atoms with van der Waals surface area (Å²) in [5.41, 5.74) is 3.57. The summed E-state index contributed by atoms with van der Waals surface area (Å²) in [6.45, 7) is 5.17. The fourth-order valence-electron chi connectivity index (χ4n) is 2.88. The number of pyridine rings is 1. The topological polar surface area (TPSA) is 54.5 Å². The number of rotatable bonds is 7. The summed E-state index contributed by atoms with van der Waals surface area (Å²) in [4.78, 5) is 18.4. The van der Waals surface area contributed by atoms with E-state index in [2.05, 4.69) is 39.5 Å². The van der Waals surface area contributed by atoms with Crippen molar-refractivity contribution < 1.29 is 9.53 Å². The van der Waals surface area contributed by atoms with Crippen LogP contribution in [-0.4, -0.2) is 42.1 Å². The highest BCUT2D eigenvalue weighted by molar-refractivity contribution is 5.76. The zero-order valence-corrected chi connectivity index (χ0v) is 14.5. The molecule has 1 aromatic heterocycles. The molecule has 1 N–H and O–H groups in total. The van der Waals surface area contributed by atoms with Crippen LogP contribution < -0.4 is 5.32 Å². The quantitative estimate of drug-likeness (QED) is 0.840. The van der Waals surface area contributed by atoms with Gasteiger partial charge in [0.05, 0.1) is 13.2 Å². The molecular weight excluding hydrogens is 314 g/mol. The molecule has 2 aromatic rings. The number of hydrogen-bond acceptors (Lipinski definition) is 4. The van der Waals surface area contributed by atoms with Crippen LogP contribution in [0.25, 0.3) is 0 Å². The molecule has 1 aromatic carbocycles. The lowest BCUT2D eigenvalue weighted by molar-refractivity contribution is -0.121. The van der Waals surface area contributed by atoms with Gasteiger partial charge in [-0.3, -0.25) is 14.7 Å². The van der Waals surface area contributed by atoms with Crippen molar-refractivity contribution in [1.29, 1.82) is 0 Å². The molecule has 0 radical (unpaired) electrons. The van der Waals surface area contributed by atoms with E-state index in [1.807, 2.05) is 12.1 Å². The van der Waals surface area contributed by atoms with Gasteiger partial charge in [-0.25, -0.2) is 0 Å². The van der Waals surface area contributed by atoms with Gasteiger partial charge in [-0.15, -0.1) is 0 Å². The van der Waals surface area contributed by atoms with E-state index in [9.17, 15) is 4.79 Å². The molecule has 2 heterocycles. The maximum Gasteiger partial charge on any atom is 0.220 e. The molecule has 3 rings (SSSR count). The standard InChI is InChI=1S/C20H25N3O2/c24-20(6-5-17-7-9-21-10-8-17)22-15-18-1-3-19(4-2-18)16-23-11-13-25-14-12-23/h1-4,7-10H,5-6,11-16H2,(H,22,24). The highest BCUT2D eigenvalue weighted by Gasteiger charge is 2.10. The van der Waals surface area contributed by atoms with Crippen molar-refractivity contribution in [3.8, 4) is 0 Å². The first-order valence-electron chi connectivity index (χ1n) is 8.83. The number of morpholine rings is 1. The van der Waals surface area contributed by atoms with Crippen molar-refractivity contribution in [2.45, 2.75) is 25.9 Å². The maximum atomic E-state index is 12.0. The predicted molar refractivity (Wildman–Crippen MR) is 96.9 cm³/mol. The van der Waals surface area contributed by atoms with Crippen LogP contribution in [0.4, 0.5) is 0 Å². The Labute approximate surface area is 149 Å². The van der Waals surface area contributed by atoms with Gasteiger partial charge in [0.2, 0.25) is 5.91 Å². The van der Waals surface area contributed by atoms with E-state index in [0.29, 0.717) is 13.0 Å².